The smallest absolute Gasteiger partial charge is 0.371 e. The van der Waals surface area contributed by atoms with Crippen molar-refractivity contribution >= 4 is 15.8 Å². The Labute approximate surface area is 100 Å². The topological polar surface area (TPSA) is 84.6 Å². The Morgan fingerprint density at radius 1 is 1.47 bits per heavy atom. The Balaban J connectivity index is 2.92. The number of furan rings is 1. The Bertz CT molecular complexity index is 510. The first-order valence-corrected chi connectivity index (χ1v) is 7.06. The van der Waals surface area contributed by atoms with Crippen molar-refractivity contribution in [3.8, 4) is 0 Å². The third kappa shape index (κ3) is 3.89. The quantitative estimate of drug-likeness (QED) is 0.873. The fraction of sp³-hybridized carbons (Fsp3) is 0.545. The lowest BCUT2D eigenvalue weighted by Gasteiger charge is -2.05. The van der Waals surface area contributed by atoms with E-state index in [1.54, 1.807) is 6.92 Å². The number of carboxylic acid groups (broad SMARTS) is 1. The molecular formula is C11H16O5S. The number of hydrogen-bond acceptors (Lipinski definition) is 4. The number of carbonyl (C=O) groups is 1. The molecule has 1 heterocycles. The fourth-order valence-electron chi connectivity index (χ4n) is 1.57. The molecule has 96 valence electrons. The maximum absolute atomic E-state index is 11.8. The van der Waals surface area contributed by atoms with E-state index in [9.17, 15) is 13.2 Å². The molecule has 0 aromatic carbocycles. The normalized spacial score (nSPS) is 12.0. The summed E-state index contributed by atoms with van der Waals surface area (Å²) in [6.07, 6.45) is 0. The van der Waals surface area contributed by atoms with Crippen LogP contribution in [-0.4, -0.2) is 25.2 Å². The van der Waals surface area contributed by atoms with Gasteiger partial charge in [-0.1, -0.05) is 13.8 Å². The van der Waals surface area contributed by atoms with E-state index in [4.69, 9.17) is 9.52 Å². The minimum atomic E-state index is -3.22. The van der Waals surface area contributed by atoms with Crippen LogP contribution in [0.1, 0.15) is 35.7 Å². The molecule has 0 spiro atoms. The van der Waals surface area contributed by atoms with E-state index in [0.29, 0.717) is 11.3 Å². The van der Waals surface area contributed by atoms with Crippen LogP contribution in [0.5, 0.6) is 0 Å². The molecule has 1 N–H and O–H groups in total. The van der Waals surface area contributed by atoms with Crippen molar-refractivity contribution in [2.45, 2.75) is 26.5 Å². The maximum atomic E-state index is 11.8. The van der Waals surface area contributed by atoms with Crippen LogP contribution in [0.3, 0.4) is 0 Å². The Morgan fingerprint density at radius 2 is 2.06 bits per heavy atom. The van der Waals surface area contributed by atoms with Gasteiger partial charge in [0.05, 0.1) is 11.5 Å². The summed E-state index contributed by atoms with van der Waals surface area (Å²) in [5.74, 6) is -1.12. The summed E-state index contributed by atoms with van der Waals surface area (Å²) in [5.41, 5.74) is 0.419. The second-order valence-electron chi connectivity index (χ2n) is 4.45. The van der Waals surface area contributed by atoms with Crippen molar-refractivity contribution in [2.75, 3.05) is 5.75 Å². The van der Waals surface area contributed by atoms with Crippen LogP contribution in [-0.2, 0) is 15.6 Å². The summed E-state index contributed by atoms with van der Waals surface area (Å²) in [5, 5.41) is 8.72. The third-order valence-electron chi connectivity index (χ3n) is 2.19. The molecule has 1 rings (SSSR count). The van der Waals surface area contributed by atoms with Crippen molar-refractivity contribution in [1.82, 2.24) is 0 Å². The molecule has 17 heavy (non-hydrogen) atoms. The second-order valence-corrected chi connectivity index (χ2v) is 6.55. The zero-order chi connectivity index (χ0) is 13.2. The Morgan fingerprint density at radius 3 is 2.47 bits per heavy atom. The first-order valence-electron chi connectivity index (χ1n) is 5.24. The van der Waals surface area contributed by atoms with Crippen molar-refractivity contribution in [3.63, 3.8) is 0 Å². The van der Waals surface area contributed by atoms with Crippen molar-refractivity contribution in [1.29, 1.82) is 0 Å². The zero-order valence-corrected chi connectivity index (χ0v) is 10.9. The molecule has 5 nitrogen and oxygen atoms in total. The number of carboxylic acids is 1. The van der Waals surface area contributed by atoms with Gasteiger partial charge in [0, 0.05) is 5.56 Å². The number of rotatable bonds is 5. The predicted molar refractivity (Wildman–Crippen MR) is 62.7 cm³/mol. The summed E-state index contributed by atoms with van der Waals surface area (Å²) in [6.45, 7) is 5.21. The van der Waals surface area contributed by atoms with E-state index in [2.05, 4.69) is 0 Å². The minimum Gasteiger partial charge on any atom is -0.475 e. The van der Waals surface area contributed by atoms with Crippen molar-refractivity contribution in [2.24, 2.45) is 5.92 Å². The molecule has 0 saturated heterocycles. The van der Waals surface area contributed by atoms with Gasteiger partial charge in [0.2, 0.25) is 5.76 Å². The summed E-state index contributed by atoms with van der Waals surface area (Å²) in [4.78, 5) is 10.7. The minimum absolute atomic E-state index is 0.0474. The molecule has 0 aliphatic rings. The largest absolute Gasteiger partial charge is 0.475 e. The highest BCUT2D eigenvalue weighted by atomic mass is 32.2. The molecule has 0 fully saturated rings. The lowest BCUT2D eigenvalue weighted by Crippen LogP contribution is -2.13. The van der Waals surface area contributed by atoms with Gasteiger partial charge in [0.1, 0.15) is 5.76 Å². The standard InChI is InChI=1S/C11H16O5S/c1-7(2)5-17(14,15)6-9-4-10(11(12)13)16-8(9)3/h4,7H,5-6H2,1-3H3,(H,12,13). The maximum Gasteiger partial charge on any atom is 0.371 e. The van der Waals surface area contributed by atoms with E-state index in [1.807, 2.05) is 13.8 Å². The lowest BCUT2D eigenvalue weighted by atomic mass is 10.3. The SMILES string of the molecule is Cc1oc(C(=O)O)cc1CS(=O)(=O)CC(C)C. The van der Waals surface area contributed by atoms with E-state index in [1.165, 1.54) is 6.07 Å². The molecule has 0 atom stereocenters. The molecule has 6 heteroatoms. The molecule has 0 radical (unpaired) electrons. The first kappa shape index (κ1) is 13.8. The van der Waals surface area contributed by atoms with Crippen LogP contribution in [0.4, 0.5) is 0 Å². The van der Waals surface area contributed by atoms with Gasteiger partial charge < -0.3 is 9.52 Å². The van der Waals surface area contributed by atoms with E-state index >= 15 is 0 Å². The van der Waals surface area contributed by atoms with Gasteiger partial charge in [-0.05, 0) is 18.9 Å². The van der Waals surface area contributed by atoms with Gasteiger partial charge in [-0.3, -0.25) is 0 Å². The van der Waals surface area contributed by atoms with Crippen LogP contribution in [0.15, 0.2) is 10.5 Å². The molecule has 0 amide bonds. The van der Waals surface area contributed by atoms with Crippen LogP contribution >= 0.6 is 0 Å². The number of aromatic carboxylic acids is 1. The molecule has 1 aromatic rings. The van der Waals surface area contributed by atoms with E-state index in [-0.39, 0.29) is 23.2 Å². The Kier molecular flexibility index (Phi) is 3.98. The highest BCUT2D eigenvalue weighted by molar-refractivity contribution is 7.90. The van der Waals surface area contributed by atoms with Crippen molar-refractivity contribution in [3.05, 3.63) is 23.2 Å². The summed E-state index contributed by atoms with van der Waals surface area (Å²) >= 11 is 0. The van der Waals surface area contributed by atoms with Gasteiger partial charge in [-0.2, -0.15) is 0 Å². The highest BCUT2D eigenvalue weighted by Gasteiger charge is 2.20. The van der Waals surface area contributed by atoms with Crippen LogP contribution in [0.2, 0.25) is 0 Å². The highest BCUT2D eigenvalue weighted by Crippen LogP contribution is 2.18. The summed E-state index contributed by atoms with van der Waals surface area (Å²) in [7, 11) is -3.22. The predicted octanol–water partition coefficient (Wildman–Crippen LogP) is 1.86. The van der Waals surface area contributed by atoms with Crippen LogP contribution in [0, 0.1) is 12.8 Å². The average molecular weight is 260 g/mol. The van der Waals surface area contributed by atoms with Crippen LogP contribution < -0.4 is 0 Å². The molecule has 0 saturated carbocycles. The van der Waals surface area contributed by atoms with Crippen LogP contribution in [0.25, 0.3) is 0 Å². The summed E-state index contributed by atoms with van der Waals surface area (Å²) < 4.78 is 28.5. The lowest BCUT2D eigenvalue weighted by molar-refractivity contribution is 0.0661. The number of aryl methyl sites for hydroxylation is 1. The zero-order valence-electron chi connectivity index (χ0n) is 10.1. The van der Waals surface area contributed by atoms with E-state index in [0.717, 1.165) is 0 Å². The summed E-state index contributed by atoms with van der Waals surface area (Å²) in [6, 6.07) is 1.27. The Hall–Kier alpha value is -1.30. The molecule has 0 unspecified atom stereocenters. The monoisotopic (exact) mass is 260 g/mol. The second kappa shape index (κ2) is 4.91. The van der Waals surface area contributed by atoms with Gasteiger partial charge in [0.15, 0.2) is 9.84 Å². The number of hydrogen-bond donors (Lipinski definition) is 1. The van der Waals surface area contributed by atoms with E-state index < -0.39 is 15.8 Å². The third-order valence-corrected chi connectivity index (χ3v) is 4.12. The van der Waals surface area contributed by atoms with Gasteiger partial charge in [-0.25, -0.2) is 13.2 Å². The first-order chi connectivity index (χ1) is 7.71. The average Bonchev–Trinajstić information content (AvgIpc) is 2.44. The fourth-order valence-corrected chi connectivity index (χ4v) is 3.47. The van der Waals surface area contributed by atoms with Crippen molar-refractivity contribution < 1.29 is 22.7 Å². The van der Waals surface area contributed by atoms with Gasteiger partial charge >= 0.3 is 5.97 Å². The van der Waals surface area contributed by atoms with Gasteiger partial charge in [-0.15, -0.1) is 0 Å². The molecule has 0 aliphatic carbocycles. The molecule has 0 aliphatic heterocycles. The molecular weight excluding hydrogens is 244 g/mol. The van der Waals surface area contributed by atoms with Gasteiger partial charge in [0.25, 0.3) is 0 Å². The number of sulfone groups is 1. The molecule has 0 bridgehead atoms. The molecule has 1 aromatic heterocycles.